The second-order valence-electron chi connectivity index (χ2n) is 4.98. The Labute approximate surface area is 160 Å². The van der Waals surface area contributed by atoms with Gasteiger partial charge in [0.05, 0.1) is 10.0 Å². The third-order valence-electron chi connectivity index (χ3n) is 3.49. The largest absolute Gasteiger partial charge is 0.0918 e. The zero-order chi connectivity index (χ0) is 15.5. The molecule has 0 spiro atoms. The topological polar surface area (TPSA) is 0 Å². The van der Waals surface area contributed by atoms with Crippen LogP contribution < -0.4 is 0 Å². The molecular weight excluding hydrogens is 503 g/mol. The highest BCUT2D eigenvalue weighted by molar-refractivity contribution is 9.10. The van der Waals surface area contributed by atoms with E-state index in [1.54, 1.807) is 0 Å². The second kappa shape index (κ2) is 7.83. The highest BCUT2D eigenvalue weighted by Gasteiger charge is 2.30. The standard InChI is InChI=1S/C16H13Br3Cl2/c17-9-16(10-18,12-2-4-13(19)5-3-12)8-11-1-6-14(20)15(21)7-11/h1-7H,8-10H2. The molecule has 2 aromatic rings. The Bertz CT molecular complexity index is 607. The van der Waals surface area contributed by atoms with Crippen LogP contribution in [0.15, 0.2) is 46.9 Å². The molecule has 0 atom stereocenters. The molecule has 0 amide bonds. The summed E-state index contributed by atoms with van der Waals surface area (Å²) in [7, 11) is 0. The maximum atomic E-state index is 6.13. The number of hydrogen-bond acceptors (Lipinski definition) is 0. The van der Waals surface area contributed by atoms with Crippen molar-refractivity contribution in [3.8, 4) is 0 Å². The third kappa shape index (κ3) is 4.26. The Morgan fingerprint density at radius 2 is 1.48 bits per heavy atom. The molecule has 0 nitrogen and oxygen atoms in total. The number of rotatable bonds is 5. The lowest BCUT2D eigenvalue weighted by molar-refractivity contribution is 0.551. The normalized spacial score (nSPS) is 11.7. The maximum Gasteiger partial charge on any atom is 0.0595 e. The molecule has 0 aromatic heterocycles. The first-order valence-corrected chi connectivity index (χ1v) is 10.1. The fourth-order valence-corrected chi connectivity index (χ4v) is 4.79. The number of hydrogen-bond donors (Lipinski definition) is 0. The summed E-state index contributed by atoms with van der Waals surface area (Å²) in [5.74, 6) is 0. The molecule has 0 fully saturated rings. The van der Waals surface area contributed by atoms with Gasteiger partial charge < -0.3 is 0 Å². The van der Waals surface area contributed by atoms with Crippen LogP contribution in [0.4, 0.5) is 0 Å². The Kier molecular flexibility index (Phi) is 6.64. The molecule has 0 bridgehead atoms. The molecule has 0 radical (unpaired) electrons. The molecule has 0 heterocycles. The molecule has 0 saturated carbocycles. The molecule has 0 saturated heterocycles. The van der Waals surface area contributed by atoms with Gasteiger partial charge >= 0.3 is 0 Å². The van der Waals surface area contributed by atoms with Gasteiger partial charge in [0.2, 0.25) is 0 Å². The van der Waals surface area contributed by atoms with Crippen LogP contribution in [0, 0.1) is 0 Å². The first-order valence-electron chi connectivity index (χ1n) is 6.33. The summed E-state index contributed by atoms with van der Waals surface area (Å²) < 4.78 is 1.08. The van der Waals surface area contributed by atoms with E-state index >= 15 is 0 Å². The molecule has 0 unspecified atom stereocenters. The third-order valence-corrected chi connectivity index (χ3v) is 6.91. The van der Waals surface area contributed by atoms with E-state index in [0.29, 0.717) is 10.0 Å². The predicted molar refractivity (Wildman–Crippen MR) is 104 cm³/mol. The van der Waals surface area contributed by atoms with Crippen LogP contribution in [0.25, 0.3) is 0 Å². The van der Waals surface area contributed by atoms with Crippen molar-refractivity contribution in [1.82, 2.24) is 0 Å². The van der Waals surface area contributed by atoms with E-state index in [-0.39, 0.29) is 5.41 Å². The molecule has 0 aliphatic heterocycles. The first-order chi connectivity index (χ1) is 10.0. The van der Waals surface area contributed by atoms with E-state index in [0.717, 1.165) is 21.6 Å². The van der Waals surface area contributed by atoms with Crippen LogP contribution in [0.2, 0.25) is 10.0 Å². The van der Waals surface area contributed by atoms with Gasteiger partial charge in [0.25, 0.3) is 0 Å². The van der Waals surface area contributed by atoms with Crippen LogP contribution >= 0.6 is 71.0 Å². The van der Waals surface area contributed by atoms with Gasteiger partial charge in [0, 0.05) is 20.5 Å². The predicted octanol–water partition coefficient (Wildman–Crippen LogP) is 7.03. The highest BCUT2D eigenvalue weighted by Crippen LogP contribution is 2.35. The fourth-order valence-electron chi connectivity index (χ4n) is 2.23. The molecular formula is C16H13Br3Cl2. The van der Waals surface area contributed by atoms with Gasteiger partial charge in [0.15, 0.2) is 0 Å². The average Bonchev–Trinajstić information content (AvgIpc) is 2.49. The van der Waals surface area contributed by atoms with Gasteiger partial charge in [-0.2, -0.15) is 0 Å². The van der Waals surface area contributed by atoms with Crippen molar-refractivity contribution in [3.05, 3.63) is 68.1 Å². The van der Waals surface area contributed by atoms with Gasteiger partial charge in [-0.05, 0) is 41.8 Å². The Balaban J connectivity index is 2.37. The highest BCUT2D eigenvalue weighted by atomic mass is 79.9. The Morgan fingerprint density at radius 3 is 2.00 bits per heavy atom. The van der Waals surface area contributed by atoms with Crippen molar-refractivity contribution in [2.45, 2.75) is 11.8 Å². The molecule has 0 aliphatic carbocycles. The lowest BCUT2D eigenvalue weighted by Gasteiger charge is -2.31. The van der Waals surface area contributed by atoms with Crippen molar-refractivity contribution < 1.29 is 0 Å². The molecule has 0 N–H and O–H groups in total. The minimum atomic E-state index is -0.0299. The van der Waals surface area contributed by atoms with E-state index in [9.17, 15) is 0 Å². The summed E-state index contributed by atoms with van der Waals surface area (Å²) in [4.78, 5) is 0. The van der Waals surface area contributed by atoms with Crippen LogP contribution in [0.3, 0.4) is 0 Å². The first kappa shape index (κ1) is 17.8. The molecule has 0 aliphatic rings. The summed E-state index contributed by atoms with van der Waals surface area (Å²) in [6.07, 6.45) is 0.877. The Morgan fingerprint density at radius 1 is 0.857 bits per heavy atom. The SMILES string of the molecule is Clc1ccc(CC(CBr)(CBr)c2ccc(Br)cc2)cc1Cl. The summed E-state index contributed by atoms with van der Waals surface area (Å²) in [6, 6.07) is 14.3. The number of alkyl halides is 2. The van der Waals surface area contributed by atoms with Crippen LogP contribution in [-0.4, -0.2) is 10.7 Å². The van der Waals surface area contributed by atoms with Crippen LogP contribution in [0.5, 0.6) is 0 Å². The lowest BCUT2D eigenvalue weighted by Crippen LogP contribution is -2.32. The number of benzene rings is 2. The fraction of sp³-hybridized carbons (Fsp3) is 0.250. The van der Waals surface area contributed by atoms with E-state index in [1.807, 2.05) is 18.2 Å². The van der Waals surface area contributed by atoms with E-state index in [1.165, 1.54) is 11.1 Å². The monoisotopic (exact) mass is 512 g/mol. The van der Waals surface area contributed by atoms with Crippen molar-refractivity contribution in [2.24, 2.45) is 0 Å². The van der Waals surface area contributed by atoms with Crippen molar-refractivity contribution in [1.29, 1.82) is 0 Å². The van der Waals surface area contributed by atoms with Crippen LogP contribution in [0.1, 0.15) is 11.1 Å². The molecule has 5 heteroatoms. The zero-order valence-corrected chi connectivity index (χ0v) is 17.3. The average molecular weight is 516 g/mol. The minimum absolute atomic E-state index is 0.0299. The second-order valence-corrected chi connectivity index (χ2v) is 7.83. The summed E-state index contributed by atoms with van der Waals surface area (Å²) in [5, 5.41) is 2.90. The van der Waals surface area contributed by atoms with Crippen molar-refractivity contribution in [2.75, 3.05) is 10.7 Å². The van der Waals surface area contributed by atoms with Gasteiger partial charge in [-0.15, -0.1) is 0 Å². The van der Waals surface area contributed by atoms with Gasteiger partial charge in [0.1, 0.15) is 0 Å². The summed E-state index contributed by atoms with van der Waals surface area (Å²) in [6.45, 7) is 0. The molecule has 112 valence electrons. The number of halogens is 5. The Hall–Kier alpha value is 0.460. The van der Waals surface area contributed by atoms with E-state index in [4.69, 9.17) is 23.2 Å². The molecule has 21 heavy (non-hydrogen) atoms. The lowest BCUT2D eigenvalue weighted by atomic mass is 9.79. The smallest absolute Gasteiger partial charge is 0.0595 e. The minimum Gasteiger partial charge on any atom is -0.0918 e. The summed E-state index contributed by atoms with van der Waals surface area (Å²) >= 11 is 23.0. The van der Waals surface area contributed by atoms with Gasteiger partial charge in [-0.3, -0.25) is 0 Å². The zero-order valence-electron chi connectivity index (χ0n) is 11.1. The van der Waals surface area contributed by atoms with Gasteiger partial charge in [-0.25, -0.2) is 0 Å². The van der Waals surface area contributed by atoms with E-state index < -0.39 is 0 Å². The molecule has 2 aromatic carbocycles. The molecule has 2 rings (SSSR count). The van der Waals surface area contributed by atoms with Crippen molar-refractivity contribution >= 4 is 71.0 Å². The quantitative estimate of drug-likeness (QED) is 0.375. The van der Waals surface area contributed by atoms with Crippen LogP contribution in [-0.2, 0) is 11.8 Å². The van der Waals surface area contributed by atoms with Crippen molar-refractivity contribution in [3.63, 3.8) is 0 Å². The van der Waals surface area contributed by atoms with E-state index in [2.05, 4.69) is 72.1 Å². The summed E-state index contributed by atoms with van der Waals surface area (Å²) in [5.41, 5.74) is 2.43. The maximum absolute atomic E-state index is 6.13. The van der Waals surface area contributed by atoms with Gasteiger partial charge in [-0.1, -0.05) is 89.2 Å².